The van der Waals surface area contributed by atoms with Crippen LogP contribution in [0, 0.1) is 0 Å². The van der Waals surface area contributed by atoms with Crippen molar-refractivity contribution in [1.29, 1.82) is 0 Å². The van der Waals surface area contributed by atoms with Crippen molar-refractivity contribution < 1.29 is 4.79 Å². The number of aromatic amines is 1. The van der Waals surface area contributed by atoms with Gasteiger partial charge in [-0.1, -0.05) is 0 Å². The molecule has 5 heteroatoms. The summed E-state index contributed by atoms with van der Waals surface area (Å²) in [5.41, 5.74) is 0.609. The second-order valence-corrected chi connectivity index (χ2v) is 5.20. The van der Waals surface area contributed by atoms with Gasteiger partial charge in [0.2, 0.25) is 0 Å². The normalized spacial score (nSPS) is 25.4. The van der Waals surface area contributed by atoms with E-state index < -0.39 is 0 Å². The van der Waals surface area contributed by atoms with E-state index in [2.05, 4.69) is 38.5 Å². The number of carbonyl (C=O) groups is 1. The van der Waals surface area contributed by atoms with Gasteiger partial charge in [0, 0.05) is 22.8 Å². The van der Waals surface area contributed by atoms with Crippen molar-refractivity contribution in [3.05, 3.63) is 22.4 Å². The standard InChI is InChI=1S/C11H16BrN3O/c1-7-4-9(2-3-13-7)15-11(16)10-5-8(12)6-14-10/h5-7,9,13-14H,2-4H2,1H3,(H,15,16). The molecule has 2 rings (SSSR count). The van der Waals surface area contributed by atoms with Crippen LogP contribution >= 0.6 is 15.9 Å². The van der Waals surface area contributed by atoms with Crippen LogP contribution in [0.1, 0.15) is 30.3 Å². The first kappa shape index (κ1) is 11.7. The number of amides is 1. The summed E-state index contributed by atoms with van der Waals surface area (Å²) in [6.07, 6.45) is 3.76. The minimum atomic E-state index is -0.0233. The average molecular weight is 286 g/mol. The van der Waals surface area contributed by atoms with Gasteiger partial charge in [0.1, 0.15) is 5.69 Å². The molecule has 1 amide bonds. The van der Waals surface area contributed by atoms with Crippen LogP contribution in [0.5, 0.6) is 0 Å². The van der Waals surface area contributed by atoms with Crippen molar-refractivity contribution in [3.63, 3.8) is 0 Å². The molecule has 1 aromatic rings. The third kappa shape index (κ3) is 2.86. The number of halogens is 1. The van der Waals surface area contributed by atoms with E-state index in [1.165, 1.54) is 0 Å². The molecule has 1 saturated heterocycles. The number of hydrogen-bond acceptors (Lipinski definition) is 2. The highest BCUT2D eigenvalue weighted by atomic mass is 79.9. The molecule has 1 aromatic heterocycles. The second kappa shape index (κ2) is 5.01. The first-order valence-electron chi connectivity index (χ1n) is 5.53. The van der Waals surface area contributed by atoms with Crippen molar-refractivity contribution in [1.82, 2.24) is 15.6 Å². The number of piperidine rings is 1. The van der Waals surface area contributed by atoms with Crippen molar-refractivity contribution in [3.8, 4) is 0 Å². The fraction of sp³-hybridized carbons (Fsp3) is 0.545. The smallest absolute Gasteiger partial charge is 0.267 e. The number of rotatable bonds is 2. The lowest BCUT2D eigenvalue weighted by Crippen LogP contribution is -2.46. The van der Waals surface area contributed by atoms with E-state index in [0.29, 0.717) is 11.7 Å². The van der Waals surface area contributed by atoms with E-state index in [1.807, 2.05) is 0 Å². The van der Waals surface area contributed by atoms with Crippen molar-refractivity contribution in [2.45, 2.75) is 31.8 Å². The zero-order chi connectivity index (χ0) is 11.5. The first-order valence-corrected chi connectivity index (χ1v) is 6.32. The van der Waals surface area contributed by atoms with Gasteiger partial charge in [0.15, 0.2) is 0 Å². The lowest BCUT2D eigenvalue weighted by Gasteiger charge is -2.28. The maximum Gasteiger partial charge on any atom is 0.267 e. The summed E-state index contributed by atoms with van der Waals surface area (Å²) >= 11 is 3.31. The van der Waals surface area contributed by atoms with E-state index in [4.69, 9.17) is 0 Å². The molecule has 1 fully saturated rings. The van der Waals surface area contributed by atoms with Crippen LogP contribution < -0.4 is 10.6 Å². The Labute approximate surface area is 103 Å². The zero-order valence-corrected chi connectivity index (χ0v) is 10.8. The third-order valence-corrected chi connectivity index (χ3v) is 3.31. The molecule has 2 atom stereocenters. The Morgan fingerprint density at radius 3 is 3.06 bits per heavy atom. The van der Waals surface area contributed by atoms with Gasteiger partial charge in [-0.3, -0.25) is 4.79 Å². The molecule has 88 valence electrons. The van der Waals surface area contributed by atoms with E-state index in [0.717, 1.165) is 23.9 Å². The maximum absolute atomic E-state index is 11.8. The van der Waals surface area contributed by atoms with Gasteiger partial charge in [-0.2, -0.15) is 0 Å². The quantitative estimate of drug-likeness (QED) is 0.774. The molecule has 3 N–H and O–H groups in total. The SMILES string of the molecule is CC1CC(NC(=O)c2cc(Br)c[nH]2)CCN1. The summed E-state index contributed by atoms with van der Waals surface area (Å²) in [5, 5.41) is 6.41. The van der Waals surface area contributed by atoms with Crippen LogP contribution in [0.3, 0.4) is 0 Å². The van der Waals surface area contributed by atoms with E-state index in [9.17, 15) is 4.79 Å². The Kier molecular flexibility index (Phi) is 3.66. The van der Waals surface area contributed by atoms with Crippen LogP contribution in [0.15, 0.2) is 16.7 Å². The van der Waals surface area contributed by atoms with Crippen LogP contribution in [0.2, 0.25) is 0 Å². The van der Waals surface area contributed by atoms with Crippen LogP contribution in [-0.2, 0) is 0 Å². The monoisotopic (exact) mass is 285 g/mol. The van der Waals surface area contributed by atoms with Gasteiger partial charge in [0.05, 0.1) is 0 Å². The lowest BCUT2D eigenvalue weighted by molar-refractivity contribution is 0.0921. The largest absolute Gasteiger partial charge is 0.356 e. The topological polar surface area (TPSA) is 56.9 Å². The molecular weight excluding hydrogens is 270 g/mol. The Balaban J connectivity index is 1.92. The summed E-state index contributed by atoms with van der Waals surface area (Å²) in [6.45, 7) is 3.12. The van der Waals surface area contributed by atoms with Crippen LogP contribution in [-0.4, -0.2) is 29.5 Å². The molecule has 16 heavy (non-hydrogen) atoms. The third-order valence-electron chi connectivity index (χ3n) is 2.85. The molecule has 1 aliphatic heterocycles. The second-order valence-electron chi connectivity index (χ2n) is 4.28. The summed E-state index contributed by atoms with van der Waals surface area (Å²) in [4.78, 5) is 14.8. The molecule has 0 aliphatic carbocycles. The molecule has 4 nitrogen and oxygen atoms in total. The molecule has 1 aliphatic rings. The number of nitrogens with one attached hydrogen (secondary N) is 3. The van der Waals surface area contributed by atoms with Crippen molar-refractivity contribution in [2.75, 3.05) is 6.54 Å². The number of H-pyrrole nitrogens is 1. The molecule has 0 aromatic carbocycles. The minimum absolute atomic E-state index is 0.0233. The maximum atomic E-state index is 11.8. The fourth-order valence-corrected chi connectivity index (χ4v) is 2.37. The average Bonchev–Trinajstić information content (AvgIpc) is 2.65. The predicted molar refractivity (Wildman–Crippen MR) is 66.4 cm³/mol. The van der Waals surface area contributed by atoms with Gasteiger partial charge in [-0.25, -0.2) is 0 Å². The molecule has 2 heterocycles. The van der Waals surface area contributed by atoms with Gasteiger partial charge >= 0.3 is 0 Å². The Morgan fingerprint density at radius 1 is 1.62 bits per heavy atom. The predicted octanol–water partition coefficient (Wildman–Crippen LogP) is 1.65. The fourth-order valence-electron chi connectivity index (χ4n) is 2.03. The highest BCUT2D eigenvalue weighted by Gasteiger charge is 2.20. The van der Waals surface area contributed by atoms with E-state index >= 15 is 0 Å². The number of hydrogen-bond donors (Lipinski definition) is 3. The van der Waals surface area contributed by atoms with Gasteiger partial charge in [-0.15, -0.1) is 0 Å². The van der Waals surface area contributed by atoms with Crippen molar-refractivity contribution >= 4 is 21.8 Å². The zero-order valence-electron chi connectivity index (χ0n) is 9.22. The highest BCUT2D eigenvalue weighted by molar-refractivity contribution is 9.10. The van der Waals surface area contributed by atoms with Gasteiger partial charge < -0.3 is 15.6 Å². The van der Waals surface area contributed by atoms with Gasteiger partial charge in [-0.05, 0) is 48.3 Å². The lowest BCUT2D eigenvalue weighted by atomic mass is 10.0. The summed E-state index contributed by atoms with van der Waals surface area (Å²) in [6, 6.07) is 2.56. The van der Waals surface area contributed by atoms with Crippen LogP contribution in [0.4, 0.5) is 0 Å². The highest BCUT2D eigenvalue weighted by Crippen LogP contribution is 2.12. The van der Waals surface area contributed by atoms with E-state index in [-0.39, 0.29) is 11.9 Å². The van der Waals surface area contributed by atoms with Gasteiger partial charge in [0.25, 0.3) is 5.91 Å². The summed E-state index contributed by atoms with van der Waals surface area (Å²) in [5.74, 6) is -0.0233. The molecule has 2 unspecified atom stereocenters. The van der Waals surface area contributed by atoms with E-state index in [1.54, 1.807) is 12.3 Å². The molecular formula is C11H16BrN3O. The summed E-state index contributed by atoms with van der Waals surface area (Å²) in [7, 11) is 0. The minimum Gasteiger partial charge on any atom is -0.356 e. The number of carbonyl (C=O) groups excluding carboxylic acids is 1. The van der Waals surface area contributed by atoms with Crippen LogP contribution in [0.25, 0.3) is 0 Å². The molecule has 0 bridgehead atoms. The molecule has 0 saturated carbocycles. The number of aromatic nitrogens is 1. The molecule has 0 radical (unpaired) electrons. The molecule has 0 spiro atoms. The first-order chi connectivity index (χ1) is 7.65. The Morgan fingerprint density at radius 2 is 2.44 bits per heavy atom. The Bertz CT molecular complexity index is 377. The Hall–Kier alpha value is -0.810. The van der Waals surface area contributed by atoms with Crippen molar-refractivity contribution in [2.24, 2.45) is 0 Å². The summed E-state index contributed by atoms with van der Waals surface area (Å²) < 4.78 is 0.899.